The fraction of sp³-hybridized carbons (Fsp3) is 0.571. The SMILES string of the molecule is COc1nc(N=[N+]=[N-])nc(NC(C)C)n1. The fourth-order valence-corrected chi connectivity index (χ4v) is 0.845. The number of hydrogen-bond donors (Lipinski definition) is 1. The van der Waals surface area contributed by atoms with E-state index in [1.165, 1.54) is 7.11 Å². The Bertz CT molecular complexity index is 385. The zero-order valence-electron chi connectivity index (χ0n) is 8.67. The number of anilines is 1. The smallest absolute Gasteiger partial charge is 0.321 e. The van der Waals surface area contributed by atoms with Gasteiger partial charge in [0, 0.05) is 11.0 Å². The van der Waals surface area contributed by atoms with Crippen LogP contribution in [0.4, 0.5) is 11.9 Å². The van der Waals surface area contributed by atoms with E-state index in [0.29, 0.717) is 5.95 Å². The molecule has 15 heavy (non-hydrogen) atoms. The van der Waals surface area contributed by atoms with Crippen molar-refractivity contribution < 1.29 is 4.74 Å². The minimum Gasteiger partial charge on any atom is -0.467 e. The summed E-state index contributed by atoms with van der Waals surface area (Å²) < 4.78 is 4.84. The standard InChI is InChI=1S/C7H11N7O/c1-4(2)9-5-10-6(13-14-8)12-7(11-5)15-3/h4H,1-3H3,(H,9,10,11,12). The minimum absolute atomic E-state index is 0.0208. The molecule has 8 heteroatoms. The zero-order valence-corrected chi connectivity index (χ0v) is 8.67. The summed E-state index contributed by atoms with van der Waals surface area (Å²) >= 11 is 0. The van der Waals surface area contributed by atoms with Gasteiger partial charge in [0.1, 0.15) is 0 Å². The number of nitrogens with one attached hydrogen (secondary N) is 1. The number of hydrogen-bond acceptors (Lipinski definition) is 6. The van der Waals surface area contributed by atoms with Crippen molar-refractivity contribution >= 4 is 11.9 Å². The first-order chi connectivity index (χ1) is 7.15. The number of nitrogens with zero attached hydrogens (tertiary/aromatic N) is 6. The number of methoxy groups -OCH3 is 1. The normalized spacial score (nSPS) is 9.60. The van der Waals surface area contributed by atoms with Crippen LogP contribution in [0.3, 0.4) is 0 Å². The van der Waals surface area contributed by atoms with Crippen LogP contribution in [0.25, 0.3) is 10.4 Å². The summed E-state index contributed by atoms with van der Waals surface area (Å²) in [5, 5.41) is 6.23. The van der Waals surface area contributed by atoms with E-state index in [4.69, 9.17) is 10.3 Å². The van der Waals surface area contributed by atoms with E-state index in [2.05, 4.69) is 30.3 Å². The first-order valence-corrected chi connectivity index (χ1v) is 4.27. The molecule has 0 aliphatic carbocycles. The third kappa shape index (κ3) is 3.28. The fourth-order valence-electron chi connectivity index (χ4n) is 0.845. The average Bonchev–Trinajstić information content (AvgIpc) is 2.16. The molecule has 1 N–H and O–H groups in total. The Balaban J connectivity index is 3.05. The molecule has 0 saturated carbocycles. The Kier molecular flexibility index (Phi) is 3.64. The van der Waals surface area contributed by atoms with Gasteiger partial charge in [-0.1, -0.05) is 0 Å². The van der Waals surface area contributed by atoms with Crippen molar-refractivity contribution in [3.05, 3.63) is 10.4 Å². The molecule has 0 aromatic carbocycles. The third-order valence-electron chi connectivity index (χ3n) is 1.34. The molecule has 0 unspecified atom stereocenters. The molecule has 0 fully saturated rings. The first-order valence-electron chi connectivity index (χ1n) is 4.27. The summed E-state index contributed by atoms with van der Waals surface area (Å²) in [6, 6.07) is 0.270. The van der Waals surface area contributed by atoms with E-state index in [9.17, 15) is 0 Å². The van der Waals surface area contributed by atoms with Crippen molar-refractivity contribution in [2.24, 2.45) is 5.11 Å². The van der Waals surface area contributed by atoms with Crippen molar-refractivity contribution in [3.8, 4) is 6.01 Å². The van der Waals surface area contributed by atoms with Gasteiger partial charge >= 0.3 is 6.01 Å². The monoisotopic (exact) mass is 209 g/mol. The second-order valence-electron chi connectivity index (χ2n) is 2.93. The predicted molar refractivity (Wildman–Crippen MR) is 53.9 cm³/mol. The Hall–Kier alpha value is -2.08. The Labute approximate surface area is 86.3 Å². The highest BCUT2D eigenvalue weighted by molar-refractivity contribution is 5.32. The third-order valence-corrected chi connectivity index (χ3v) is 1.34. The lowest BCUT2D eigenvalue weighted by Crippen LogP contribution is -2.13. The van der Waals surface area contributed by atoms with Crippen molar-refractivity contribution in [1.82, 2.24) is 15.0 Å². The second kappa shape index (κ2) is 4.97. The molecule has 0 atom stereocenters. The van der Waals surface area contributed by atoms with Gasteiger partial charge in [-0.3, -0.25) is 0 Å². The van der Waals surface area contributed by atoms with Gasteiger partial charge in [0.25, 0.3) is 0 Å². The summed E-state index contributed by atoms with van der Waals surface area (Å²) in [7, 11) is 1.42. The van der Waals surface area contributed by atoms with E-state index in [1.54, 1.807) is 0 Å². The lowest BCUT2D eigenvalue weighted by Gasteiger charge is -2.08. The van der Waals surface area contributed by atoms with Crippen molar-refractivity contribution in [3.63, 3.8) is 0 Å². The van der Waals surface area contributed by atoms with Gasteiger partial charge in [0.2, 0.25) is 11.9 Å². The molecule has 1 rings (SSSR count). The maximum Gasteiger partial charge on any atom is 0.321 e. The van der Waals surface area contributed by atoms with E-state index < -0.39 is 0 Å². The predicted octanol–water partition coefficient (Wildman–Crippen LogP) is 1.64. The maximum atomic E-state index is 8.25. The molecule has 0 bridgehead atoms. The molecule has 8 nitrogen and oxygen atoms in total. The van der Waals surface area contributed by atoms with E-state index in [1.807, 2.05) is 13.8 Å². The van der Waals surface area contributed by atoms with Crippen LogP contribution in [0.5, 0.6) is 6.01 Å². The number of aromatic nitrogens is 3. The molecule has 0 saturated heterocycles. The lowest BCUT2D eigenvalue weighted by molar-refractivity contribution is 0.379. The summed E-state index contributed by atoms with van der Waals surface area (Å²) in [5.74, 6) is 0.298. The van der Waals surface area contributed by atoms with E-state index >= 15 is 0 Å². The molecular weight excluding hydrogens is 198 g/mol. The molecule has 0 spiro atoms. The highest BCUT2D eigenvalue weighted by Gasteiger charge is 2.05. The van der Waals surface area contributed by atoms with Crippen LogP contribution in [0.1, 0.15) is 13.8 Å². The van der Waals surface area contributed by atoms with Crippen LogP contribution in [-0.4, -0.2) is 28.1 Å². The second-order valence-corrected chi connectivity index (χ2v) is 2.93. The largest absolute Gasteiger partial charge is 0.467 e. The zero-order chi connectivity index (χ0) is 11.3. The van der Waals surface area contributed by atoms with Crippen LogP contribution in [0.15, 0.2) is 5.11 Å². The minimum atomic E-state index is -0.0208. The Morgan fingerprint density at radius 2 is 2.13 bits per heavy atom. The van der Waals surface area contributed by atoms with Crippen LogP contribution >= 0.6 is 0 Å². The van der Waals surface area contributed by atoms with Crippen LogP contribution in [0.2, 0.25) is 0 Å². The lowest BCUT2D eigenvalue weighted by atomic mass is 10.4. The molecule has 1 aromatic rings. The van der Waals surface area contributed by atoms with Gasteiger partial charge < -0.3 is 10.1 Å². The average molecular weight is 209 g/mol. The summed E-state index contributed by atoms with van der Waals surface area (Å²) in [4.78, 5) is 14.1. The highest BCUT2D eigenvalue weighted by atomic mass is 16.5. The quantitative estimate of drug-likeness (QED) is 0.460. The van der Waals surface area contributed by atoms with Gasteiger partial charge in [-0.15, -0.1) is 0 Å². The highest BCUT2D eigenvalue weighted by Crippen LogP contribution is 2.13. The summed E-state index contributed by atoms with van der Waals surface area (Å²) in [6.45, 7) is 3.87. The van der Waals surface area contributed by atoms with Crippen LogP contribution in [0, 0.1) is 0 Å². The number of ether oxygens (including phenoxy) is 1. The number of azide groups is 1. The molecule has 1 aromatic heterocycles. The summed E-state index contributed by atoms with van der Waals surface area (Å²) in [5.41, 5.74) is 8.25. The van der Waals surface area contributed by atoms with Crippen LogP contribution in [-0.2, 0) is 0 Å². The van der Waals surface area contributed by atoms with E-state index in [0.717, 1.165) is 0 Å². The molecule has 0 radical (unpaired) electrons. The molecule has 0 aliphatic rings. The maximum absolute atomic E-state index is 8.25. The molecule has 1 heterocycles. The molecule has 0 aliphatic heterocycles. The van der Waals surface area contributed by atoms with E-state index in [-0.39, 0.29) is 18.0 Å². The van der Waals surface area contributed by atoms with Crippen molar-refractivity contribution in [1.29, 1.82) is 0 Å². The van der Waals surface area contributed by atoms with Gasteiger partial charge in [0.05, 0.1) is 7.11 Å². The van der Waals surface area contributed by atoms with Gasteiger partial charge in [-0.2, -0.15) is 15.0 Å². The van der Waals surface area contributed by atoms with Gasteiger partial charge in [-0.05, 0) is 24.5 Å². The molecular formula is C7H11N7O. The molecule has 0 amide bonds. The first kappa shape index (κ1) is 11.0. The van der Waals surface area contributed by atoms with Gasteiger partial charge in [0.15, 0.2) is 0 Å². The van der Waals surface area contributed by atoms with Gasteiger partial charge in [-0.25, -0.2) is 0 Å². The Morgan fingerprint density at radius 1 is 1.40 bits per heavy atom. The van der Waals surface area contributed by atoms with Crippen LogP contribution < -0.4 is 10.1 Å². The Morgan fingerprint density at radius 3 is 2.67 bits per heavy atom. The topological polar surface area (TPSA) is 109 Å². The van der Waals surface area contributed by atoms with Crippen molar-refractivity contribution in [2.75, 3.05) is 12.4 Å². The molecule has 80 valence electrons. The number of rotatable bonds is 4. The summed E-state index contributed by atoms with van der Waals surface area (Å²) in [6.07, 6.45) is 0. The van der Waals surface area contributed by atoms with Crippen molar-refractivity contribution in [2.45, 2.75) is 19.9 Å².